The summed E-state index contributed by atoms with van der Waals surface area (Å²) < 4.78 is 5.37. The summed E-state index contributed by atoms with van der Waals surface area (Å²) in [5.74, 6) is -1.61. The molecule has 3 amide bonds. The number of amides is 3. The highest BCUT2D eigenvalue weighted by molar-refractivity contribution is 5.89. The number of nitrogens with one attached hydrogen (secondary N) is 4. The number of carbonyl (C=O) groups excluding carboxylic acids is 4. The molecule has 2 aromatic rings. The van der Waals surface area contributed by atoms with Crippen molar-refractivity contribution in [3.05, 3.63) is 52.6 Å². The lowest BCUT2D eigenvalue weighted by molar-refractivity contribution is -0.757. The third kappa shape index (κ3) is 10.8. The number of H-pyrrole nitrogens is 1. The molecule has 0 aliphatic carbocycles. The first kappa shape index (κ1) is 26.8. The first-order valence-electron chi connectivity index (χ1n) is 10.6. The minimum absolute atomic E-state index is 0.00492. The number of ether oxygens (including phenoxy) is 1. The number of aromatic nitrogens is 2. The molecular weight excluding hydrogens is 464 g/mol. The predicted octanol–water partition coefficient (Wildman–Crippen LogP) is 0.496. The molecule has 14 heteroatoms. The topological polar surface area (TPSA) is 195 Å². The fourth-order valence-electron chi connectivity index (χ4n) is 2.85. The molecule has 0 saturated heterocycles. The van der Waals surface area contributed by atoms with Crippen LogP contribution in [0.4, 0.5) is 5.69 Å². The Morgan fingerprint density at radius 2 is 1.89 bits per heavy atom. The molecule has 0 bridgehead atoms. The molecule has 0 aliphatic heterocycles. The van der Waals surface area contributed by atoms with Crippen molar-refractivity contribution in [1.29, 1.82) is 0 Å². The molecule has 35 heavy (non-hydrogen) atoms. The third-order valence-corrected chi connectivity index (χ3v) is 4.41. The average Bonchev–Trinajstić information content (AvgIpc) is 3.30. The maximum Gasteiger partial charge on any atom is 0.334 e. The summed E-state index contributed by atoms with van der Waals surface area (Å²) >= 11 is 0. The van der Waals surface area contributed by atoms with Crippen LogP contribution in [0.2, 0.25) is 0 Å². The van der Waals surface area contributed by atoms with Gasteiger partial charge in [-0.15, -0.1) is 10.1 Å². The number of imidazole rings is 1. The molecule has 188 valence electrons. The zero-order chi connectivity index (χ0) is 25.6. The highest BCUT2D eigenvalue weighted by Crippen LogP contribution is 2.16. The standard InChI is InChI=1S/C21H26N6O8/c1-14(28)25-15-4-6-17(7-5-15)35-21(31)18(11-16-12-22-13-24-16)26-20(30)8-9-23-19(29)3-2-10-34-27(32)33/h4-7,12-13,18H,2-3,8-11H2,1H3,(H,22,24)(H,23,29)(H,25,28)(H,26,30)/t18-/m0/s1. The summed E-state index contributed by atoms with van der Waals surface area (Å²) in [6, 6.07) is 5.11. The number of nitrogens with zero attached hydrogens (tertiary/aromatic N) is 2. The number of rotatable bonds is 14. The van der Waals surface area contributed by atoms with Crippen LogP contribution >= 0.6 is 0 Å². The lowest BCUT2D eigenvalue weighted by Crippen LogP contribution is -2.45. The van der Waals surface area contributed by atoms with Gasteiger partial charge in [-0.3, -0.25) is 14.4 Å². The van der Waals surface area contributed by atoms with Gasteiger partial charge >= 0.3 is 5.97 Å². The predicted molar refractivity (Wildman–Crippen MR) is 120 cm³/mol. The fraction of sp³-hybridized carbons (Fsp3) is 0.381. The van der Waals surface area contributed by atoms with Gasteiger partial charge in [0.15, 0.2) is 0 Å². The van der Waals surface area contributed by atoms with Gasteiger partial charge in [0.2, 0.25) is 17.7 Å². The molecule has 1 aromatic carbocycles. The van der Waals surface area contributed by atoms with Gasteiger partial charge in [0, 0.05) is 50.3 Å². The molecule has 1 heterocycles. The van der Waals surface area contributed by atoms with Crippen LogP contribution in [0.3, 0.4) is 0 Å². The maximum atomic E-state index is 12.7. The van der Waals surface area contributed by atoms with Crippen LogP contribution in [0.25, 0.3) is 0 Å². The van der Waals surface area contributed by atoms with E-state index in [4.69, 9.17) is 4.74 Å². The van der Waals surface area contributed by atoms with Gasteiger partial charge in [0.1, 0.15) is 11.8 Å². The average molecular weight is 490 g/mol. The lowest BCUT2D eigenvalue weighted by Gasteiger charge is -2.17. The van der Waals surface area contributed by atoms with Crippen LogP contribution in [-0.4, -0.2) is 57.9 Å². The largest absolute Gasteiger partial charge is 0.425 e. The van der Waals surface area contributed by atoms with Crippen molar-refractivity contribution < 1.29 is 33.8 Å². The Morgan fingerprint density at radius 3 is 2.51 bits per heavy atom. The number of hydrogen-bond donors (Lipinski definition) is 4. The highest BCUT2D eigenvalue weighted by atomic mass is 16.9. The summed E-state index contributed by atoms with van der Waals surface area (Å²) in [5.41, 5.74) is 1.13. The molecule has 0 aliphatic rings. The quantitative estimate of drug-likeness (QED) is 0.0958. The van der Waals surface area contributed by atoms with Crippen molar-refractivity contribution in [3.63, 3.8) is 0 Å². The maximum absolute atomic E-state index is 12.7. The fourth-order valence-corrected chi connectivity index (χ4v) is 2.85. The molecule has 0 saturated carbocycles. The van der Waals surface area contributed by atoms with E-state index >= 15 is 0 Å². The van der Waals surface area contributed by atoms with Crippen LogP contribution in [0.15, 0.2) is 36.8 Å². The number of benzene rings is 1. The summed E-state index contributed by atoms with van der Waals surface area (Å²) in [6.07, 6.45) is 3.10. The summed E-state index contributed by atoms with van der Waals surface area (Å²) in [5, 5.41) is 16.8. The van der Waals surface area contributed by atoms with Crippen LogP contribution in [-0.2, 0) is 30.4 Å². The van der Waals surface area contributed by atoms with Crippen molar-refractivity contribution in [3.8, 4) is 5.75 Å². The highest BCUT2D eigenvalue weighted by Gasteiger charge is 2.24. The van der Waals surface area contributed by atoms with Gasteiger partial charge in [0.25, 0.3) is 5.09 Å². The smallest absolute Gasteiger partial charge is 0.334 e. The van der Waals surface area contributed by atoms with E-state index in [1.165, 1.54) is 31.6 Å². The number of aromatic amines is 1. The van der Waals surface area contributed by atoms with Crippen LogP contribution in [0.1, 0.15) is 31.9 Å². The number of esters is 1. The number of anilines is 1. The summed E-state index contributed by atoms with van der Waals surface area (Å²) in [7, 11) is 0. The molecule has 14 nitrogen and oxygen atoms in total. The van der Waals surface area contributed by atoms with Crippen molar-refractivity contribution in [2.45, 2.75) is 38.6 Å². The monoisotopic (exact) mass is 490 g/mol. The SMILES string of the molecule is CC(=O)Nc1ccc(OC(=O)[C@H](Cc2cnc[nH]2)NC(=O)CCNC(=O)CCCO[N+](=O)[O-])cc1. The second-order valence-electron chi connectivity index (χ2n) is 7.29. The van der Waals surface area contributed by atoms with E-state index in [-0.39, 0.29) is 56.4 Å². The number of hydrogen-bond acceptors (Lipinski definition) is 9. The molecule has 0 fully saturated rings. The van der Waals surface area contributed by atoms with Gasteiger partial charge < -0.3 is 30.5 Å². The summed E-state index contributed by atoms with van der Waals surface area (Å²) in [6.45, 7) is 1.18. The Bertz CT molecular complexity index is 1010. The number of carbonyl (C=O) groups is 4. The molecule has 4 N–H and O–H groups in total. The molecule has 1 atom stereocenters. The minimum atomic E-state index is -1.03. The Hall–Kier alpha value is -4.49. The van der Waals surface area contributed by atoms with Gasteiger partial charge in [-0.25, -0.2) is 9.78 Å². The van der Waals surface area contributed by atoms with E-state index in [0.717, 1.165) is 0 Å². The Balaban J connectivity index is 1.86. The zero-order valence-electron chi connectivity index (χ0n) is 18.9. The second kappa shape index (κ2) is 13.9. The van der Waals surface area contributed by atoms with Crippen molar-refractivity contribution in [1.82, 2.24) is 20.6 Å². The Labute approximate surface area is 199 Å². The van der Waals surface area contributed by atoms with E-state index in [1.807, 2.05) is 0 Å². The van der Waals surface area contributed by atoms with Gasteiger partial charge in [-0.1, -0.05) is 0 Å². The van der Waals surface area contributed by atoms with Gasteiger partial charge in [-0.05, 0) is 30.7 Å². The second-order valence-corrected chi connectivity index (χ2v) is 7.29. The zero-order valence-corrected chi connectivity index (χ0v) is 18.9. The minimum Gasteiger partial charge on any atom is -0.425 e. The molecule has 2 rings (SSSR count). The Morgan fingerprint density at radius 1 is 1.14 bits per heavy atom. The lowest BCUT2D eigenvalue weighted by atomic mass is 10.1. The molecule has 0 radical (unpaired) electrons. The van der Waals surface area contributed by atoms with E-state index in [9.17, 15) is 29.3 Å². The third-order valence-electron chi connectivity index (χ3n) is 4.41. The van der Waals surface area contributed by atoms with Crippen LogP contribution in [0.5, 0.6) is 5.75 Å². The van der Waals surface area contributed by atoms with Crippen molar-refractivity contribution in [2.24, 2.45) is 0 Å². The molecule has 0 spiro atoms. The van der Waals surface area contributed by atoms with Gasteiger partial charge in [-0.2, -0.15) is 0 Å². The van der Waals surface area contributed by atoms with E-state index in [2.05, 4.69) is 30.8 Å². The first-order valence-corrected chi connectivity index (χ1v) is 10.6. The normalized spacial score (nSPS) is 11.1. The molecule has 1 aromatic heterocycles. The molecular formula is C21H26N6O8. The van der Waals surface area contributed by atoms with Crippen LogP contribution < -0.4 is 20.7 Å². The van der Waals surface area contributed by atoms with E-state index in [1.54, 1.807) is 12.1 Å². The first-order chi connectivity index (χ1) is 16.7. The van der Waals surface area contributed by atoms with E-state index in [0.29, 0.717) is 11.4 Å². The van der Waals surface area contributed by atoms with Crippen molar-refractivity contribution in [2.75, 3.05) is 18.5 Å². The summed E-state index contributed by atoms with van der Waals surface area (Å²) in [4.78, 5) is 68.9. The molecule has 0 unspecified atom stereocenters. The Kier molecular flexibility index (Phi) is 10.6. The van der Waals surface area contributed by atoms with Crippen LogP contribution in [0, 0.1) is 10.1 Å². The van der Waals surface area contributed by atoms with Crippen molar-refractivity contribution >= 4 is 29.4 Å². The van der Waals surface area contributed by atoms with E-state index < -0.39 is 23.0 Å². The van der Waals surface area contributed by atoms with Gasteiger partial charge in [0.05, 0.1) is 12.9 Å².